The SMILES string of the molecule is CCCN1CCC(NC(=O)Cn2c(-c3ccc(Cl)cc3)n[nH]c2=S)CC1. The van der Waals surface area contributed by atoms with Crippen LogP contribution in [0, 0.1) is 4.77 Å². The molecule has 1 aliphatic heterocycles. The quantitative estimate of drug-likeness (QED) is 0.739. The maximum absolute atomic E-state index is 12.5. The van der Waals surface area contributed by atoms with Gasteiger partial charge < -0.3 is 10.2 Å². The number of nitrogens with zero attached hydrogens (tertiary/aromatic N) is 3. The van der Waals surface area contributed by atoms with Gasteiger partial charge in [0, 0.05) is 29.7 Å². The molecule has 0 spiro atoms. The average molecular weight is 394 g/mol. The van der Waals surface area contributed by atoms with Gasteiger partial charge in [-0.1, -0.05) is 18.5 Å². The molecule has 26 heavy (non-hydrogen) atoms. The van der Waals surface area contributed by atoms with Crippen LogP contribution < -0.4 is 5.32 Å². The van der Waals surface area contributed by atoms with Gasteiger partial charge in [0.1, 0.15) is 6.54 Å². The molecule has 2 aromatic rings. The van der Waals surface area contributed by atoms with E-state index in [1.807, 2.05) is 12.1 Å². The van der Waals surface area contributed by atoms with Gasteiger partial charge in [0.15, 0.2) is 10.6 Å². The van der Waals surface area contributed by atoms with E-state index in [2.05, 4.69) is 27.3 Å². The van der Waals surface area contributed by atoms with Crippen molar-refractivity contribution in [3.8, 4) is 11.4 Å². The summed E-state index contributed by atoms with van der Waals surface area (Å²) in [7, 11) is 0. The Morgan fingerprint density at radius 3 is 2.69 bits per heavy atom. The third kappa shape index (κ3) is 4.72. The van der Waals surface area contributed by atoms with Gasteiger partial charge in [0.2, 0.25) is 5.91 Å². The Labute approximate surface area is 163 Å². The van der Waals surface area contributed by atoms with Crippen molar-refractivity contribution < 1.29 is 4.79 Å². The smallest absolute Gasteiger partial charge is 0.240 e. The number of likely N-dealkylation sites (tertiary alicyclic amines) is 1. The van der Waals surface area contributed by atoms with Crippen molar-refractivity contribution in [3.05, 3.63) is 34.1 Å². The van der Waals surface area contributed by atoms with Gasteiger partial charge >= 0.3 is 0 Å². The lowest BCUT2D eigenvalue weighted by Crippen LogP contribution is -2.45. The number of nitrogens with one attached hydrogen (secondary N) is 2. The Kier molecular flexibility index (Phi) is 6.45. The van der Waals surface area contributed by atoms with Gasteiger partial charge in [0.25, 0.3) is 0 Å². The number of rotatable bonds is 6. The summed E-state index contributed by atoms with van der Waals surface area (Å²) in [6.45, 7) is 5.57. The molecule has 1 aliphatic rings. The first-order valence-corrected chi connectivity index (χ1v) is 9.78. The molecule has 1 aromatic carbocycles. The Morgan fingerprint density at radius 2 is 2.04 bits per heavy atom. The fourth-order valence-electron chi connectivity index (χ4n) is 3.32. The van der Waals surface area contributed by atoms with Gasteiger partial charge in [-0.05, 0) is 62.3 Å². The van der Waals surface area contributed by atoms with Crippen molar-refractivity contribution in [3.63, 3.8) is 0 Å². The number of aromatic nitrogens is 3. The summed E-state index contributed by atoms with van der Waals surface area (Å²) < 4.78 is 2.16. The number of halogens is 1. The molecule has 0 atom stereocenters. The molecule has 0 saturated carbocycles. The second kappa shape index (κ2) is 8.79. The molecule has 8 heteroatoms. The minimum absolute atomic E-state index is 0.0355. The van der Waals surface area contributed by atoms with E-state index in [9.17, 15) is 4.79 Å². The lowest BCUT2D eigenvalue weighted by Gasteiger charge is -2.32. The average Bonchev–Trinajstić information content (AvgIpc) is 2.98. The van der Waals surface area contributed by atoms with Gasteiger partial charge in [-0.3, -0.25) is 14.5 Å². The predicted molar refractivity (Wildman–Crippen MR) is 106 cm³/mol. The molecule has 0 aliphatic carbocycles. The van der Waals surface area contributed by atoms with Gasteiger partial charge in [-0.25, -0.2) is 0 Å². The molecule has 1 saturated heterocycles. The van der Waals surface area contributed by atoms with Crippen LogP contribution in [-0.2, 0) is 11.3 Å². The van der Waals surface area contributed by atoms with Crippen molar-refractivity contribution in [2.75, 3.05) is 19.6 Å². The molecule has 0 radical (unpaired) electrons. The van der Waals surface area contributed by atoms with E-state index in [0.717, 1.165) is 38.0 Å². The van der Waals surface area contributed by atoms with Crippen LogP contribution in [0.1, 0.15) is 26.2 Å². The summed E-state index contributed by atoms with van der Waals surface area (Å²) in [5.41, 5.74) is 0.863. The van der Waals surface area contributed by atoms with Crippen LogP contribution in [0.25, 0.3) is 11.4 Å². The first-order valence-electron chi connectivity index (χ1n) is 8.99. The molecule has 2 N–H and O–H groups in total. The van der Waals surface area contributed by atoms with Crippen molar-refractivity contribution in [2.24, 2.45) is 0 Å². The molecule has 1 aromatic heterocycles. The monoisotopic (exact) mass is 393 g/mol. The number of hydrogen-bond acceptors (Lipinski definition) is 4. The normalized spacial score (nSPS) is 15.9. The third-order valence-corrected chi connectivity index (χ3v) is 5.22. The fourth-order valence-corrected chi connectivity index (χ4v) is 3.64. The second-order valence-electron chi connectivity index (χ2n) is 6.63. The third-order valence-electron chi connectivity index (χ3n) is 4.65. The Morgan fingerprint density at radius 1 is 1.35 bits per heavy atom. The molecule has 1 amide bonds. The Bertz CT molecular complexity index is 793. The van der Waals surface area contributed by atoms with E-state index in [0.29, 0.717) is 15.6 Å². The summed E-state index contributed by atoms with van der Waals surface area (Å²) in [6.07, 6.45) is 3.16. The number of hydrogen-bond donors (Lipinski definition) is 2. The maximum Gasteiger partial charge on any atom is 0.240 e. The van der Waals surface area contributed by atoms with Crippen LogP contribution in [-0.4, -0.2) is 51.2 Å². The highest BCUT2D eigenvalue weighted by molar-refractivity contribution is 7.71. The number of benzene rings is 1. The molecule has 1 fully saturated rings. The number of carbonyl (C=O) groups is 1. The van der Waals surface area contributed by atoms with Crippen LogP contribution in [0.2, 0.25) is 5.02 Å². The molecule has 0 unspecified atom stereocenters. The summed E-state index contributed by atoms with van der Waals surface area (Å²) in [5, 5.41) is 10.8. The standard InChI is InChI=1S/C18H24ClN5OS/c1-2-9-23-10-7-15(8-11-23)20-16(25)12-24-17(21-22-18(24)26)13-3-5-14(19)6-4-13/h3-6,15H,2,7-12H2,1H3,(H,20,25)(H,22,26). The minimum Gasteiger partial charge on any atom is -0.352 e. The number of H-pyrrole nitrogens is 1. The summed E-state index contributed by atoms with van der Waals surface area (Å²) in [6, 6.07) is 7.55. The minimum atomic E-state index is -0.0355. The first-order chi connectivity index (χ1) is 12.6. The molecule has 2 heterocycles. The van der Waals surface area contributed by atoms with E-state index >= 15 is 0 Å². The van der Waals surface area contributed by atoms with Crippen LogP contribution >= 0.6 is 23.8 Å². The zero-order valence-electron chi connectivity index (χ0n) is 14.9. The van der Waals surface area contributed by atoms with E-state index in [4.69, 9.17) is 23.8 Å². The van der Waals surface area contributed by atoms with Crippen LogP contribution in [0.3, 0.4) is 0 Å². The predicted octanol–water partition coefficient (Wildman–Crippen LogP) is 3.25. The summed E-state index contributed by atoms with van der Waals surface area (Å²) in [5.74, 6) is 0.603. The largest absolute Gasteiger partial charge is 0.352 e. The molecule has 0 bridgehead atoms. The van der Waals surface area contributed by atoms with E-state index in [1.54, 1.807) is 16.7 Å². The zero-order chi connectivity index (χ0) is 18.5. The van der Waals surface area contributed by atoms with Gasteiger partial charge in [-0.15, -0.1) is 0 Å². The van der Waals surface area contributed by atoms with Gasteiger partial charge in [0.05, 0.1) is 0 Å². The highest BCUT2D eigenvalue weighted by atomic mass is 35.5. The molecule has 140 valence electrons. The van der Waals surface area contributed by atoms with E-state index in [-0.39, 0.29) is 18.5 Å². The number of amides is 1. The van der Waals surface area contributed by atoms with E-state index in [1.165, 1.54) is 6.42 Å². The molecule has 6 nitrogen and oxygen atoms in total. The molecular weight excluding hydrogens is 370 g/mol. The number of carbonyl (C=O) groups excluding carboxylic acids is 1. The van der Waals surface area contributed by atoms with Crippen molar-refractivity contribution in [1.29, 1.82) is 0 Å². The van der Waals surface area contributed by atoms with Crippen molar-refractivity contribution in [1.82, 2.24) is 25.0 Å². The van der Waals surface area contributed by atoms with Gasteiger partial charge in [-0.2, -0.15) is 5.10 Å². The first kappa shape index (κ1) is 19.1. The van der Waals surface area contributed by atoms with Crippen LogP contribution in [0.4, 0.5) is 0 Å². The second-order valence-corrected chi connectivity index (χ2v) is 7.45. The molecule has 3 rings (SSSR count). The van der Waals surface area contributed by atoms with Crippen LogP contribution in [0.15, 0.2) is 24.3 Å². The number of piperidine rings is 1. The fraction of sp³-hybridized carbons (Fsp3) is 0.500. The zero-order valence-corrected chi connectivity index (χ0v) is 16.4. The van der Waals surface area contributed by atoms with E-state index < -0.39 is 0 Å². The van der Waals surface area contributed by atoms with Crippen LogP contribution in [0.5, 0.6) is 0 Å². The summed E-state index contributed by atoms with van der Waals surface area (Å²) >= 11 is 11.2. The lowest BCUT2D eigenvalue weighted by molar-refractivity contribution is -0.122. The molecular formula is C18H24ClN5OS. The summed E-state index contributed by atoms with van der Waals surface area (Å²) in [4.78, 5) is 15.0. The van der Waals surface area contributed by atoms with Crippen molar-refractivity contribution in [2.45, 2.75) is 38.8 Å². The highest BCUT2D eigenvalue weighted by Crippen LogP contribution is 2.20. The Balaban J connectivity index is 1.62. The lowest BCUT2D eigenvalue weighted by atomic mass is 10.0. The number of aromatic amines is 1. The highest BCUT2D eigenvalue weighted by Gasteiger charge is 2.21. The maximum atomic E-state index is 12.5. The van der Waals surface area contributed by atoms with Crippen molar-refractivity contribution >= 4 is 29.7 Å². The topological polar surface area (TPSA) is 66.0 Å². The Hall–Kier alpha value is -1.70.